The molecule has 3 aromatic carbocycles. The van der Waals surface area contributed by atoms with Crippen LogP contribution in [-0.2, 0) is 16.1 Å². The van der Waals surface area contributed by atoms with Crippen molar-refractivity contribution in [2.45, 2.75) is 13.5 Å². The van der Waals surface area contributed by atoms with Crippen molar-refractivity contribution in [2.24, 2.45) is 0 Å². The van der Waals surface area contributed by atoms with Crippen LogP contribution < -0.4 is 10.6 Å². The fourth-order valence-electron chi connectivity index (χ4n) is 3.82. The van der Waals surface area contributed by atoms with Gasteiger partial charge in [0.25, 0.3) is 5.91 Å². The van der Waals surface area contributed by atoms with Gasteiger partial charge in [-0.2, -0.15) is 0 Å². The number of nitrogens with one attached hydrogen (secondary N) is 2. The van der Waals surface area contributed by atoms with Crippen LogP contribution in [0.1, 0.15) is 21.5 Å². The lowest BCUT2D eigenvalue weighted by molar-refractivity contribution is -0.118. The van der Waals surface area contributed by atoms with Gasteiger partial charge in [-0.3, -0.25) is 14.5 Å². The smallest absolute Gasteiger partial charge is 0.251 e. The Bertz CT molecular complexity index is 1090. The van der Waals surface area contributed by atoms with Crippen molar-refractivity contribution in [1.82, 2.24) is 10.2 Å². The summed E-state index contributed by atoms with van der Waals surface area (Å²) < 4.78 is 5.32. The molecule has 6 nitrogen and oxygen atoms in total. The Kier molecular flexibility index (Phi) is 6.60. The van der Waals surface area contributed by atoms with Crippen LogP contribution in [0.25, 0.3) is 10.8 Å². The molecule has 2 N–H and O–H groups in total. The number of anilines is 1. The zero-order chi connectivity index (χ0) is 21.6. The van der Waals surface area contributed by atoms with Crippen LogP contribution >= 0.6 is 0 Å². The Hall–Kier alpha value is -3.22. The third-order valence-corrected chi connectivity index (χ3v) is 5.56. The van der Waals surface area contributed by atoms with Crippen LogP contribution in [0.15, 0.2) is 60.7 Å². The highest BCUT2D eigenvalue weighted by Gasteiger charge is 2.15. The second-order valence-corrected chi connectivity index (χ2v) is 7.79. The number of amides is 2. The van der Waals surface area contributed by atoms with Crippen molar-refractivity contribution in [2.75, 3.05) is 38.2 Å². The van der Waals surface area contributed by atoms with Crippen molar-refractivity contribution in [3.8, 4) is 0 Å². The quantitative estimate of drug-likeness (QED) is 0.645. The maximum Gasteiger partial charge on any atom is 0.251 e. The summed E-state index contributed by atoms with van der Waals surface area (Å²) in [5.41, 5.74) is 3.12. The normalized spacial score (nSPS) is 14.4. The summed E-state index contributed by atoms with van der Waals surface area (Å²) in [6, 6.07) is 19.6. The highest BCUT2D eigenvalue weighted by Crippen LogP contribution is 2.19. The third kappa shape index (κ3) is 5.29. The van der Waals surface area contributed by atoms with E-state index in [4.69, 9.17) is 4.74 Å². The Morgan fingerprint density at radius 1 is 1.00 bits per heavy atom. The summed E-state index contributed by atoms with van der Waals surface area (Å²) in [4.78, 5) is 27.3. The van der Waals surface area contributed by atoms with Gasteiger partial charge in [-0.1, -0.05) is 48.5 Å². The molecule has 0 bridgehead atoms. The fourth-order valence-corrected chi connectivity index (χ4v) is 3.82. The van der Waals surface area contributed by atoms with E-state index in [0.717, 1.165) is 35.0 Å². The van der Waals surface area contributed by atoms with Crippen LogP contribution in [0.2, 0.25) is 0 Å². The molecule has 0 aliphatic carbocycles. The topological polar surface area (TPSA) is 70.7 Å². The van der Waals surface area contributed by atoms with E-state index in [0.29, 0.717) is 37.6 Å². The van der Waals surface area contributed by atoms with Crippen molar-refractivity contribution in [1.29, 1.82) is 0 Å². The van der Waals surface area contributed by atoms with Crippen LogP contribution in [-0.4, -0.2) is 49.6 Å². The number of hydrogen-bond acceptors (Lipinski definition) is 4. The van der Waals surface area contributed by atoms with Crippen LogP contribution in [0, 0.1) is 6.92 Å². The van der Waals surface area contributed by atoms with Crippen LogP contribution in [0.4, 0.5) is 5.69 Å². The van der Waals surface area contributed by atoms with Gasteiger partial charge >= 0.3 is 0 Å². The summed E-state index contributed by atoms with van der Waals surface area (Å²) in [6.45, 7) is 5.46. The molecule has 1 saturated heterocycles. The number of hydrogen-bond donors (Lipinski definition) is 2. The number of nitrogens with zero attached hydrogens (tertiary/aromatic N) is 1. The van der Waals surface area contributed by atoms with Crippen LogP contribution in [0.5, 0.6) is 0 Å². The minimum absolute atomic E-state index is 0.0899. The van der Waals surface area contributed by atoms with Gasteiger partial charge in [-0.05, 0) is 41.0 Å². The predicted octanol–water partition coefficient (Wildman–Crippen LogP) is 3.35. The summed E-state index contributed by atoms with van der Waals surface area (Å²) in [6.07, 6.45) is 0. The molecule has 1 aliphatic heterocycles. The number of aryl methyl sites for hydroxylation is 1. The van der Waals surface area contributed by atoms with E-state index in [-0.39, 0.29) is 11.8 Å². The van der Waals surface area contributed by atoms with Gasteiger partial charge in [0, 0.05) is 30.9 Å². The van der Waals surface area contributed by atoms with E-state index in [1.807, 2.05) is 43.3 Å². The first kappa shape index (κ1) is 21.0. The zero-order valence-corrected chi connectivity index (χ0v) is 17.7. The lowest BCUT2D eigenvalue weighted by atomic mass is 10.0. The van der Waals surface area contributed by atoms with Gasteiger partial charge in [0.05, 0.1) is 19.8 Å². The summed E-state index contributed by atoms with van der Waals surface area (Å²) >= 11 is 0. The molecule has 0 spiro atoms. The molecule has 0 aromatic heterocycles. The SMILES string of the molecule is Cc1ccc(NC(=O)CN2CCOCC2)cc1C(=O)NCc1cccc2ccccc12. The first-order chi connectivity index (χ1) is 15.1. The molecule has 6 heteroatoms. The van der Waals surface area contributed by atoms with Crippen molar-refractivity contribution >= 4 is 28.3 Å². The number of fused-ring (bicyclic) bond motifs is 1. The molecule has 2 amide bonds. The van der Waals surface area contributed by atoms with Gasteiger partial charge < -0.3 is 15.4 Å². The number of morpholine rings is 1. The largest absolute Gasteiger partial charge is 0.379 e. The second kappa shape index (κ2) is 9.73. The minimum Gasteiger partial charge on any atom is -0.379 e. The van der Waals surface area contributed by atoms with E-state index in [1.165, 1.54) is 0 Å². The van der Waals surface area contributed by atoms with E-state index in [2.05, 4.69) is 33.7 Å². The summed E-state index contributed by atoms with van der Waals surface area (Å²) in [7, 11) is 0. The first-order valence-corrected chi connectivity index (χ1v) is 10.6. The number of carbonyl (C=O) groups is 2. The number of ether oxygens (including phenoxy) is 1. The van der Waals surface area contributed by atoms with Crippen molar-refractivity contribution < 1.29 is 14.3 Å². The fraction of sp³-hybridized carbons (Fsp3) is 0.280. The Morgan fingerprint density at radius 3 is 2.61 bits per heavy atom. The molecule has 31 heavy (non-hydrogen) atoms. The Labute approximate surface area is 182 Å². The summed E-state index contributed by atoms with van der Waals surface area (Å²) in [5, 5.41) is 8.21. The van der Waals surface area contributed by atoms with Gasteiger partial charge in [-0.15, -0.1) is 0 Å². The number of benzene rings is 3. The maximum atomic E-state index is 12.9. The average Bonchev–Trinajstić information content (AvgIpc) is 2.79. The highest BCUT2D eigenvalue weighted by atomic mass is 16.5. The third-order valence-electron chi connectivity index (χ3n) is 5.56. The van der Waals surface area contributed by atoms with E-state index >= 15 is 0 Å². The molecule has 160 valence electrons. The molecule has 3 aromatic rings. The van der Waals surface area contributed by atoms with E-state index in [9.17, 15) is 9.59 Å². The second-order valence-electron chi connectivity index (χ2n) is 7.79. The average molecular weight is 418 g/mol. The molecule has 1 heterocycles. The summed E-state index contributed by atoms with van der Waals surface area (Å²) in [5.74, 6) is -0.248. The molecule has 0 radical (unpaired) electrons. The van der Waals surface area contributed by atoms with Gasteiger partial charge in [0.2, 0.25) is 5.91 Å². The molecule has 1 aliphatic rings. The standard InChI is InChI=1S/C25H27N3O3/c1-18-9-10-21(27-24(29)17-28-11-13-31-14-12-28)15-23(18)25(30)26-16-20-7-4-6-19-5-2-3-8-22(19)20/h2-10,15H,11-14,16-17H2,1H3,(H,26,30)(H,27,29). The molecule has 0 unspecified atom stereocenters. The van der Waals surface area contributed by atoms with Crippen molar-refractivity contribution in [3.05, 3.63) is 77.4 Å². The Morgan fingerprint density at radius 2 is 1.77 bits per heavy atom. The van der Waals surface area contributed by atoms with E-state index in [1.54, 1.807) is 6.07 Å². The lowest BCUT2D eigenvalue weighted by Gasteiger charge is -2.25. The van der Waals surface area contributed by atoms with E-state index < -0.39 is 0 Å². The number of rotatable bonds is 6. The zero-order valence-electron chi connectivity index (χ0n) is 17.7. The Balaban J connectivity index is 1.41. The minimum atomic E-state index is -0.158. The molecular weight excluding hydrogens is 390 g/mol. The first-order valence-electron chi connectivity index (χ1n) is 10.6. The molecule has 0 saturated carbocycles. The lowest BCUT2D eigenvalue weighted by Crippen LogP contribution is -2.41. The predicted molar refractivity (Wildman–Crippen MR) is 122 cm³/mol. The molecule has 0 atom stereocenters. The molecular formula is C25H27N3O3. The maximum absolute atomic E-state index is 12.9. The molecule has 4 rings (SSSR count). The highest BCUT2D eigenvalue weighted by molar-refractivity contribution is 5.99. The van der Waals surface area contributed by atoms with Crippen LogP contribution in [0.3, 0.4) is 0 Å². The molecule has 1 fully saturated rings. The monoisotopic (exact) mass is 417 g/mol. The van der Waals surface area contributed by atoms with Crippen molar-refractivity contribution in [3.63, 3.8) is 0 Å². The van der Waals surface area contributed by atoms with Gasteiger partial charge in [-0.25, -0.2) is 0 Å². The number of carbonyl (C=O) groups excluding carboxylic acids is 2. The van der Waals surface area contributed by atoms with Gasteiger partial charge in [0.1, 0.15) is 0 Å². The van der Waals surface area contributed by atoms with Gasteiger partial charge in [0.15, 0.2) is 0 Å².